The summed E-state index contributed by atoms with van der Waals surface area (Å²) < 4.78 is 5.24. The monoisotopic (exact) mass is 245 g/mol. The van der Waals surface area contributed by atoms with Crippen LogP contribution in [-0.4, -0.2) is 12.8 Å². The van der Waals surface area contributed by atoms with Gasteiger partial charge in [0, 0.05) is 5.56 Å². The first-order chi connectivity index (χ1) is 8.54. The molecule has 0 radical (unpaired) electrons. The van der Waals surface area contributed by atoms with Gasteiger partial charge in [0.25, 0.3) is 0 Å². The maximum Gasteiger partial charge on any atom is 0.121 e. The summed E-state index contributed by atoms with van der Waals surface area (Å²) in [5, 5.41) is 8.26. The van der Waals surface area contributed by atoms with E-state index in [-0.39, 0.29) is 0 Å². The Balaban J connectivity index is 2.97. The molecule has 0 aliphatic heterocycles. The largest absolute Gasteiger partial charge is 0.496 e. The van der Waals surface area contributed by atoms with E-state index in [4.69, 9.17) is 10.1 Å². The van der Waals surface area contributed by atoms with Gasteiger partial charge in [0.15, 0.2) is 0 Å². The summed E-state index contributed by atoms with van der Waals surface area (Å²) in [5.41, 5.74) is 3.46. The van der Waals surface area contributed by atoms with Crippen molar-refractivity contribution in [1.82, 2.24) is 0 Å². The predicted octanol–water partition coefficient (Wildman–Crippen LogP) is 4.36. The molecule has 0 fully saturated rings. The average Bonchev–Trinajstić information content (AvgIpc) is 2.39. The van der Waals surface area contributed by atoms with E-state index in [0.29, 0.717) is 11.6 Å². The van der Waals surface area contributed by atoms with Crippen LogP contribution in [0.1, 0.15) is 37.8 Å². The SMILES string of the molecule is C=C(C(=N)c1ccc(OC)c(C)c1)C(CC)CC. The lowest BCUT2D eigenvalue weighted by Gasteiger charge is -2.17. The first-order valence-electron chi connectivity index (χ1n) is 6.47. The van der Waals surface area contributed by atoms with Crippen molar-refractivity contribution in [3.63, 3.8) is 0 Å². The van der Waals surface area contributed by atoms with E-state index in [1.54, 1.807) is 7.11 Å². The minimum atomic E-state index is 0.403. The number of benzene rings is 1. The number of rotatable bonds is 6. The Morgan fingerprint density at radius 1 is 1.33 bits per heavy atom. The first-order valence-corrected chi connectivity index (χ1v) is 6.47. The van der Waals surface area contributed by atoms with Crippen molar-refractivity contribution >= 4 is 5.71 Å². The molecule has 1 aromatic rings. The second kappa shape index (κ2) is 6.39. The van der Waals surface area contributed by atoms with Gasteiger partial charge in [-0.3, -0.25) is 5.41 Å². The van der Waals surface area contributed by atoms with E-state index >= 15 is 0 Å². The third-order valence-electron chi connectivity index (χ3n) is 3.48. The highest BCUT2D eigenvalue weighted by atomic mass is 16.5. The Morgan fingerprint density at radius 3 is 2.39 bits per heavy atom. The number of nitrogens with one attached hydrogen (secondary N) is 1. The van der Waals surface area contributed by atoms with Crippen LogP contribution >= 0.6 is 0 Å². The molecule has 1 aromatic carbocycles. The molecule has 2 heteroatoms. The van der Waals surface area contributed by atoms with Gasteiger partial charge in [0.05, 0.1) is 12.8 Å². The molecule has 0 spiro atoms. The first kappa shape index (κ1) is 14.5. The summed E-state index contributed by atoms with van der Waals surface area (Å²) in [6.45, 7) is 10.4. The Hall–Kier alpha value is -1.57. The van der Waals surface area contributed by atoms with Crippen LogP contribution < -0.4 is 4.74 Å². The normalized spacial score (nSPS) is 10.5. The number of aryl methyl sites for hydroxylation is 1. The van der Waals surface area contributed by atoms with Gasteiger partial charge in [0.1, 0.15) is 5.75 Å². The lowest BCUT2D eigenvalue weighted by atomic mass is 9.88. The molecule has 2 nitrogen and oxygen atoms in total. The fourth-order valence-electron chi connectivity index (χ4n) is 2.20. The number of allylic oxidation sites excluding steroid dienone is 1. The Kier molecular flexibility index (Phi) is 5.14. The molecule has 1 N–H and O–H groups in total. The molecule has 18 heavy (non-hydrogen) atoms. The molecule has 1 rings (SSSR count). The minimum absolute atomic E-state index is 0.403. The van der Waals surface area contributed by atoms with E-state index in [1.807, 2.05) is 25.1 Å². The van der Waals surface area contributed by atoms with Crippen LogP contribution in [0.3, 0.4) is 0 Å². The van der Waals surface area contributed by atoms with Gasteiger partial charge in [0.2, 0.25) is 0 Å². The molecule has 0 bridgehead atoms. The Bertz CT molecular complexity index is 444. The van der Waals surface area contributed by atoms with Gasteiger partial charge in [-0.2, -0.15) is 0 Å². The van der Waals surface area contributed by atoms with Crippen LogP contribution in [0.2, 0.25) is 0 Å². The fraction of sp³-hybridized carbons (Fsp3) is 0.438. The minimum Gasteiger partial charge on any atom is -0.496 e. The molecule has 0 atom stereocenters. The van der Waals surface area contributed by atoms with Crippen molar-refractivity contribution < 1.29 is 4.74 Å². The predicted molar refractivity (Wildman–Crippen MR) is 77.8 cm³/mol. The van der Waals surface area contributed by atoms with Crippen molar-refractivity contribution in [2.45, 2.75) is 33.6 Å². The molecular formula is C16H23NO. The van der Waals surface area contributed by atoms with E-state index in [0.717, 1.165) is 35.3 Å². The Labute approximate surface area is 110 Å². The average molecular weight is 245 g/mol. The van der Waals surface area contributed by atoms with E-state index < -0.39 is 0 Å². The van der Waals surface area contributed by atoms with Gasteiger partial charge >= 0.3 is 0 Å². The van der Waals surface area contributed by atoms with Gasteiger partial charge in [-0.05, 0) is 55.0 Å². The molecule has 0 aliphatic carbocycles. The van der Waals surface area contributed by atoms with Gasteiger partial charge in [-0.25, -0.2) is 0 Å². The molecule has 0 saturated heterocycles. The van der Waals surface area contributed by atoms with Crippen LogP contribution in [0, 0.1) is 18.3 Å². The topological polar surface area (TPSA) is 33.1 Å². The van der Waals surface area contributed by atoms with Crippen LogP contribution in [0.25, 0.3) is 0 Å². The van der Waals surface area contributed by atoms with E-state index in [1.165, 1.54) is 0 Å². The number of methoxy groups -OCH3 is 1. The van der Waals surface area contributed by atoms with Gasteiger partial charge in [-0.15, -0.1) is 0 Å². The highest BCUT2D eigenvalue weighted by Crippen LogP contribution is 2.24. The third kappa shape index (κ3) is 3.00. The summed E-state index contributed by atoms with van der Waals surface area (Å²) in [4.78, 5) is 0. The maximum atomic E-state index is 8.26. The van der Waals surface area contributed by atoms with Crippen molar-refractivity contribution in [3.05, 3.63) is 41.5 Å². The fourth-order valence-corrected chi connectivity index (χ4v) is 2.20. The molecule has 98 valence electrons. The third-order valence-corrected chi connectivity index (χ3v) is 3.48. The molecule has 0 saturated carbocycles. The van der Waals surface area contributed by atoms with Crippen LogP contribution in [0.5, 0.6) is 5.75 Å². The van der Waals surface area contributed by atoms with Crippen LogP contribution in [0.4, 0.5) is 0 Å². The quantitative estimate of drug-likeness (QED) is 0.742. The van der Waals surface area contributed by atoms with E-state index in [9.17, 15) is 0 Å². The number of hydrogen-bond donors (Lipinski definition) is 1. The molecule has 0 unspecified atom stereocenters. The summed E-state index contributed by atoms with van der Waals surface area (Å²) in [7, 11) is 1.66. The molecule has 0 aromatic heterocycles. The summed E-state index contributed by atoms with van der Waals surface area (Å²) >= 11 is 0. The standard InChI is InChI=1S/C16H23NO/c1-6-13(7-2)12(4)16(17)14-8-9-15(18-5)11(3)10-14/h8-10,13,17H,4,6-7H2,1-3,5H3. The van der Waals surface area contributed by atoms with Crippen LogP contribution in [-0.2, 0) is 0 Å². The zero-order valence-electron chi connectivity index (χ0n) is 11.8. The van der Waals surface area contributed by atoms with Crippen LogP contribution in [0.15, 0.2) is 30.4 Å². The van der Waals surface area contributed by atoms with Crippen molar-refractivity contribution in [1.29, 1.82) is 5.41 Å². The number of hydrogen-bond acceptors (Lipinski definition) is 2. The lowest BCUT2D eigenvalue weighted by molar-refractivity contribution is 0.411. The summed E-state index contributed by atoms with van der Waals surface area (Å²) in [6, 6.07) is 5.84. The van der Waals surface area contributed by atoms with Crippen molar-refractivity contribution in [2.24, 2.45) is 5.92 Å². The highest BCUT2D eigenvalue weighted by Gasteiger charge is 2.14. The zero-order valence-corrected chi connectivity index (χ0v) is 11.8. The lowest BCUT2D eigenvalue weighted by Crippen LogP contribution is -2.11. The smallest absolute Gasteiger partial charge is 0.121 e. The summed E-state index contributed by atoms with van der Waals surface area (Å²) in [6.07, 6.45) is 2.07. The van der Waals surface area contributed by atoms with Gasteiger partial charge < -0.3 is 4.74 Å². The van der Waals surface area contributed by atoms with Crippen molar-refractivity contribution in [2.75, 3.05) is 7.11 Å². The Morgan fingerprint density at radius 2 is 1.94 bits per heavy atom. The molecular weight excluding hydrogens is 222 g/mol. The second-order valence-corrected chi connectivity index (χ2v) is 4.60. The summed E-state index contributed by atoms with van der Waals surface area (Å²) in [5.74, 6) is 1.26. The van der Waals surface area contributed by atoms with E-state index in [2.05, 4.69) is 20.4 Å². The molecule has 0 amide bonds. The van der Waals surface area contributed by atoms with Crippen molar-refractivity contribution in [3.8, 4) is 5.75 Å². The molecule has 0 aliphatic rings. The number of ether oxygens (including phenoxy) is 1. The second-order valence-electron chi connectivity index (χ2n) is 4.60. The zero-order chi connectivity index (χ0) is 13.7. The molecule has 0 heterocycles. The maximum absolute atomic E-state index is 8.26. The van der Waals surface area contributed by atoms with Gasteiger partial charge in [-0.1, -0.05) is 20.4 Å². The highest BCUT2D eigenvalue weighted by molar-refractivity contribution is 6.10.